The summed E-state index contributed by atoms with van der Waals surface area (Å²) in [6, 6.07) is 18.1. The summed E-state index contributed by atoms with van der Waals surface area (Å²) in [6.07, 6.45) is 6.01. The van der Waals surface area contributed by atoms with Crippen LogP contribution in [0.5, 0.6) is 0 Å². The van der Waals surface area contributed by atoms with Crippen LogP contribution in [-0.2, 0) is 24.9 Å². The molecule has 3 aromatic rings. The number of aromatic nitrogens is 1. The Morgan fingerprint density at radius 2 is 1.61 bits per heavy atom. The maximum absolute atomic E-state index is 12.9. The zero-order chi connectivity index (χ0) is 22.0. The lowest BCUT2D eigenvalue weighted by Crippen LogP contribution is -2.34. The lowest BCUT2D eigenvalue weighted by Gasteiger charge is -2.29. The van der Waals surface area contributed by atoms with Gasteiger partial charge >= 0.3 is 0 Å². The lowest BCUT2D eigenvalue weighted by atomic mass is 9.86. The van der Waals surface area contributed by atoms with Gasteiger partial charge in [-0.1, -0.05) is 76.9 Å². The van der Waals surface area contributed by atoms with Gasteiger partial charge in [0.15, 0.2) is 0 Å². The van der Waals surface area contributed by atoms with E-state index in [1.807, 2.05) is 0 Å². The van der Waals surface area contributed by atoms with Gasteiger partial charge in [0.05, 0.1) is 0 Å². The second kappa shape index (κ2) is 9.00. The number of aryl methyl sites for hydroxylation is 1. The van der Waals surface area contributed by atoms with Crippen molar-refractivity contribution in [3.63, 3.8) is 0 Å². The van der Waals surface area contributed by atoms with Crippen molar-refractivity contribution in [3.8, 4) is 0 Å². The average molecular weight is 417 g/mol. The molecule has 0 unspecified atom stereocenters. The van der Waals surface area contributed by atoms with E-state index < -0.39 is 0 Å². The second-order valence-electron chi connectivity index (χ2n) is 10.2. The van der Waals surface area contributed by atoms with Crippen LogP contribution >= 0.6 is 0 Å². The van der Waals surface area contributed by atoms with Crippen LogP contribution in [0.1, 0.15) is 75.6 Å². The molecule has 1 N–H and O–H groups in total. The van der Waals surface area contributed by atoms with Crippen molar-refractivity contribution in [2.75, 3.05) is 0 Å². The molecule has 0 spiro atoms. The van der Waals surface area contributed by atoms with Crippen LogP contribution in [0.3, 0.4) is 0 Å². The molecule has 4 rings (SSSR count). The summed E-state index contributed by atoms with van der Waals surface area (Å²) in [5.74, 6) is 0. The highest BCUT2D eigenvalue weighted by molar-refractivity contribution is 5.79. The van der Waals surface area contributed by atoms with Crippen LogP contribution < -0.4 is 5.56 Å². The van der Waals surface area contributed by atoms with Gasteiger partial charge in [-0.15, -0.1) is 0 Å². The van der Waals surface area contributed by atoms with Gasteiger partial charge in [-0.2, -0.15) is 0 Å². The van der Waals surface area contributed by atoms with E-state index in [9.17, 15) is 4.79 Å². The molecule has 0 aliphatic heterocycles. The standard InChI is InChI=1S/C28H36N2O/c1-5-20-10-13-22-17-23(27(31)29-26(22)16-20)19-30(25-8-6-7-9-25)18-21-11-14-24(15-12-21)28(2,3)4/h10-17,25H,5-9,18-19H2,1-4H3,(H,29,31). The molecule has 0 saturated heterocycles. The summed E-state index contributed by atoms with van der Waals surface area (Å²) in [4.78, 5) is 18.6. The SMILES string of the molecule is CCc1ccc2cc(CN(Cc3ccc(C(C)(C)C)cc3)C3CCCC3)c(=O)[nH]c2c1. The molecule has 31 heavy (non-hydrogen) atoms. The van der Waals surface area contributed by atoms with E-state index in [0.29, 0.717) is 12.6 Å². The summed E-state index contributed by atoms with van der Waals surface area (Å²) >= 11 is 0. The highest BCUT2D eigenvalue weighted by Gasteiger charge is 2.24. The first-order valence-corrected chi connectivity index (χ1v) is 11.8. The Labute approximate surface area is 186 Å². The monoisotopic (exact) mass is 416 g/mol. The number of nitrogens with one attached hydrogen (secondary N) is 1. The fraction of sp³-hybridized carbons (Fsp3) is 0.464. The van der Waals surface area contributed by atoms with E-state index in [-0.39, 0.29) is 11.0 Å². The number of hydrogen-bond donors (Lipinski definition) is 1. The first kappa shape index (κ1) is 21.8. The van der Waals surface area contributed by atoms with Crippen molar-refractivity contribution in [1.29, 1.82) is 0 Å². The number of nitrogens with zero attached hydrogens (tertiary/aromatic N) is 1. The summed E-state index contributed by atoms with van der Waals surface area (Å²) in [5, 5.41) is 1.12. The van der Waals surface area contributed by atoms with E-state index in [1.54, 1.807) is 0 Å². The largest absolute Gasteiger partial charge is 0.322 e. The highest BCUT2D eigenvalue weighted by atomic mass is 16.1. The smallest absolute Gasteiger partial charge is 0.252 e. The number of rotatable bonds is 6. The first-order valence-electron chi connectivity index (χ1n) is 11.8. The van der Waals surface area contributed by atoms with Crippen LogP contribution in [0.25, 0.3) is 10.9 Å². The third-order valence-corrected chi connectivity index (χ3v) is 6.82. The minimum Gasteiger partial charge on any atom is -0.322 e. The Hall–Kier alpha value is -2.39. The van der Waals surface area contributed by atoms with E-state index in [4.69, 9.17) is 0 Å². The van der Waals surface area contributed by atoms with Gasteiger partial charge < -0.3 is 4.98 Å². The molecule has 1 aliphatic carbocycles. The summed E-state index contributed by atoms with van der Waals surface area (Å²) < 4.78 is 0. The number of pyridine rings is 1. The van der Waals surface area contributed by atoms with Gasteiger partial charge in [-0.3, -0.25) is 9.69 Å². The second-order valence-corrected chi connectivity index (χ2v) is 10.2. The number of H-pyrrole nitrogens is 1. The number of fused-ring (bicyclic) bond motifs is 1. The Morgan fingerprint density at radius 1 is 0.935 bits per heavy atom. The Morgan fingerprint density at radius 3 is 2.26 bits per heavy atom. The Kier molecular flexibility index (Phi) is 6.34. The summed E-state index contributed by atoms with van der Waals surface area (Å²) in [6.45, 7) is 10.5. The minimum absolute atomic E-state index is 0.0480. The fourth-order valence-electron chi connectivity index (χ4n) is 4.78. The molecule has 164 valence electrons. The normalized spacial score (nSPS) is 15.3. The zero-order valence-corrected chi connectivity index (χ0v) is 19.5. The number of hydrogen-bond acceptors (Lipinski definition) is 2. The van der Waals surface area contributed by atoms with Gasteiger partial charge in [0.2, 0.25) is 0 Å². The van der Waals surface area contributed by atoms with Crippen LogP contribution in [0, 0.1) is 0 Å². The number of benzene rings is 2. The molecule has 1 fully saturated rings. The van der Waals surface area contributed by atoms with Crippen molar-refractivity contribution in [3.05, 3.63) is 81.1 Å². The predicted molar refractivity (Wildman–Crippen MR) is 131 cm³/mol. The van der Waals surface area contributed by atoms with Crippen molar-refractivity contribution >= 4 is 10.9 Å². The minimum atomic E-state index is 0.0480. The van der Waals surface area contributed by atoms with Gasteiger partial charge in [-0.05, 0) is 58.9 Å². The Bertz CT molecular complexity index is 1080. The van der Waals surface area contributed by atoms with Crippen molar-refractivity contribution in [1.82, 2.24) is 9.88 Å². The van der Waals surface area contributed by atoms with Crippen molar-refractivity contribution in [2.24, 2.45) is 0 Å². The average Bonchev–Trinajstić information content (AvgIpc) is 3.28. The molecule has 0 bridgehead atoms. The maximum atomic E-state index is 12.9. The van der Waals surface area contributed by atoms with Crippen molar-refractivity contribution < 1.29 is 0 Å². The predicted octanol–water partition coefficient (Wildman–Crippen LogP) is 6.33. The molecule has 1 saturated carbocycles. The summed E-state index contributed by atoms with van der Waals surface area (Å²) in [7, 11) is 0. The van der Waals surface area contributed by atoms with Gasteiger partial charge in [0.1, 0.15) is 0 Å². The van der Waals surface area contributed by atoms with E-state index in [2.05, 4.69) is 86.1 Å². The summed E-state index contributed by atoms with van der Waals surface area (Å²) in [5.41, 5.74) is 5.97. The molecule has 1 heterocycles. The van der Waals surface area contributed by atoms with Gasteiger partial charge in [0.25, 0.3) is 5.56 Å². The number of aromatic amines is 1. The highest BCUT2D eigenvalue weighted by Crippen LogP contribution is 2.28. The van der Waals surface area contributed by atoms with E-state index in [0.717, 1.165) is 29.4 Å². The van der Waals surface area contributed by atoms with Crippen LogP contribution in [0.2, 0.25) is 0 Å². The van der Waals surface area contributed by atoms with E-state index >= 15 is 0 Å². The fourth-order valence-corrected chi connectivity index (χ4v) is 4.78. The Balaban J connectivity index is 1.60. The molecule has 2 aromatic carbocycles. The molecule has 1 aromatic heterocycles. The molecular formula is C28H36N2O. The molecule has 3 heteroatoms. The molecule has 0 radical (unpaired) electrons. The van der Waals surface area contributed by atoms with Crippen molar-refractivity contribution in [2.45, 2.75) is 84.3 Å². The third-order valence-electron chi connectivity index (χ3n) is 6.82. The molecule has 0 atom stereocenters. The molecule has 1 aliphatic rings. The zero-order valence-electron chi connectivity index (χ0n) is 19.5. The van der Waals surface area contributed by atoms with Crippen LogP contribution in [0.4, 0.5) is 0 Å². The molecular weight excluding hydrogens is 380 g/mol. The van der Waals surface area contributed by atoms with Gasteiger partial charge in [0, 0.05) is 30.2 Å². The maximum Gasteiger partial charge on any atom is 0.252 e. The molecule has 0 amide bonds. The van der Waals surface area contributed by atoms with E-state index in [1.165, 1.54) is 42.4 Å². The molecule has 3 nitrogen and oxygen atoms in total. The third kappa shape index (κ3) is 5.10. The quantitative estimate of drug-likeness (QED) is 0.509. The first-order chi connectivity index (χ1) is 14.8. The topological polar surface area (TPSA) is 36.1 Å². The van der Waals surface area contributed by atoms with Gasteiger partial charge in [-0.25, -0.2) is 0 Å². The van der Waals surface area contributed by atoms with Crippen LogP contribution in [-0.4, -0.2) is 15.9 Å². The lowest BCUT2D eigenvalue weighted by molar-refractivity contribution is 0.180. The van der Waals surface area contributed by atoms with Crippen LogP contribution in [0.15, 0.2) is 53.3 Å².